The van der Waals surface area contributed by atoms with Crippen LogP contribution in [-0.4, -0.2) is 22.8 Å². The second-order valence-electron chi connectivity index (χ2n) is 3.16. The van der Waals surface area contributed by atoms with Crippen molar-refractivity contribution < 1.29 is 4.79 Å². The van der Waals surface area contributed by atoms with Gasteiger partial charge in [0, 0.05) is 18.3 Å². The lowest BCUT2D eigenvalue weighted by molar-refractivity contribution is -0.116. The number of hydrogen-bond acceptors (Lipinski definition) is 3. The Kier molecular flexibility index (Phi) is 4.66. The van der Waals surface area contributed by atoms with E-state index in [0.717, 1.165) is 12.1 Å². The van der Waals surface area contributed by atoms with Gasteiger partial charge < -0.3 is 0 Å². The summed E-state index contributed by atoms with van der Waals surface area (Å²) in [6.45, 7) is 2.09. The van der Waals surface area contributed by atoms with E-state index < -0.39 is 0 Å². The lowest BCUT2D eigenvalue weighted by Crippen LogP contribution is -2.06. The zero-order chi connectivity index (χ0) is 10.4. The van der Waals surface area contributed by atoms with Crippen LogP contribution in [0.4, 0.5) is 0 Å². The maximum absolute atomic E-state index is 11.3. The molecular weight excluding hydrogens is 194 g/mol. The van der Waals surface area contributed by atoms with Gasteiger partial charge in [-0.1, -0.05) is 13.0 Å². The monoisotopic (exact) mass is 209 g/mol. The van der Waals surface area contributed by atoms with E-state index >= 15 is 0 Å². The summed E-state index contributed by atoms with van der Waals surface area (Å²) in [6.07, 6.45) is 5.24. The van der Waals surface area contributed by atoms with Crippen LogP contribution in [0, 0.1) is 0 Å². The van der Waals surface area contributed by atoms with E-state index in [-0.39, 0.29) is 5.78 Å². The van der Waals surface area contributed by atoms with Crippen LogP contribution in [0.5, 0.6) is 0 Å². The lowest BCUT2D eigenvalue weighted by atomic mass is 10.1. The molecule has 0 amide bonds. The molecule has 0 unspecified atom stereocenters. The fourth-order valence-corrected chi connectivity index (χ4v) is 1.61. The van der Waals surface area contributed by atoms with E-state index in [1.165, 1.54) is 5.56 Å². The molecule has 0 aliphatic heterocycles. The van der Waals surface area contributed by atoms with Crippen molar-refractivity contribution in [3.05, 3.63) is 29.6 Å². The Labute approximate surface area is 89.1 Å². The summed E-state index contributed by atoms with van der Waals surface area (Å²) in [5.41, 5.74) is 2.09. The van der Waals surface area contributed by atoms with Crippen molar-refractivity contribution in [3.63, 3.8) is 0 Å². The highest BCUT2D eigenvalue weighted by molar-refractivity contribution is 7.99. The maximum atomic E-state index is 11.3. The zero-order valence-corrected chi connectivity index (χ0v) is 9.43. The van der Waals surface area contributed by atoms with Gasteiger partial charge in [-0.2, -0.15) is 11.8 Å². The summed E-state index contributed by atoms with van der Waals surface area (Å²) in [6, 6.07) is 3.98. The zero-order valence-electron chi connectivity index (χ0n) is 8.62. The van der Waals surface area contributed by atoms with E-state index in [0.29, 0.717) is 12.2 Å². The molecule has 0 N–H and O–H groups in total. The quantitative estimate of drug-likeness (QED) is 0.744. The number of aromatic nitrogens is 1. The standard InChI is InChI=1S/C11H15NOS/c1-3-9-4-5-10(12-7-9)6-11(13)8-14-2/h4-5,7H,3,6,8H2,1-2H3. The average Bonchev–Trinajstić information content (AvgIpc) is 2.19. The van der Waals surface area contributed by atoms with Gasteiger partial charge in [0.1, 0.15) is 5.78 Å². The largest absolute Gasteiger partial charge is 0.298 e. The highest BCUT2D eigenvalue weighted by Gasteiger charge is 2.03. The molecule has 14 heavy (non-hydrogen) atoms. The third-order valence-corrected chi connectivity index (χ3v) is 2.59. The van der Waals surface area contributed by atoms with Crippen molar-refractivity contribution in [3.8, 4) is 0 Å². The van der Waals surface area contributed by atoms with E-state index in [2.05, 4.69) is 11.9 Å². The fourth-order valence-electron chi connectivity index (χ4n) is 1.18. The smallest absolute Gasteiger partial charge is 0.148 e. The number of ketones is 1. The van der Waals surface area contributed by atoms with E-state index in [4.69, 9.17) is 0 Å². The van der Waals surface area contributed by atoms with Crippen LogP contribution in [0.15, 0.2) is 18.3 Å². The molecule has 0 atom stereocenters. The van der Waals surface area contributed by atoms with Crippen molar-refractivity contribution >= 4 is 17.5 Å². The second kappa shape index (κ2) is 5.81. The molecule has 0 saturated carbocycles. The Morgan fingerprint density at radius 3 is 2.79 bits per heavy atom. The minimum atomic E-state index is 0.245. The van der Waals surface area contributed by atoms with Crippen LogP contribution < -0.4 is 0 Å². The molecule has 0 aliphatic carbocycles. The number of hydrogen-bond donors (Lipinski definition) is 0. The SMILES string of the molecule is CCc1ccc(CC(=O)CSC)nc1. The number of nitrogens with zero attached hydrogens (tertiary/aromatic N) is 1. The number of rotatable bonds is 5. The van der Waals surface area contributed by atoms with E-state index in [9.17, 15) is 4.79 Å². The number of thioether (sulfide) groups is 1. The summed E-state index contributed by atoms with van der Waals surface area (Å²) in [5.74, 6) is 0.825. The molecule has 1 heterocycles. The molecule has 1 aromatic rings. The van der Waals surface area contributed by atoms with Crippen LogP contribution in [0.3, 0.4) is 0 Å². The van der Waals surface area contributed by atoms with Gasteiger partial charge in [0.2, 0.25) is 0 Å². The molecule has 0 spiro atoms. The number of aryl methyl sites for hydroxylation is 1. The van der Waals surface area contributed by atoms with Crippen LogP contribution in [0.25, 0.3) is 0 Å². The maximum Gasteiger partial charge on any atom is 0.148 e. The number of pyridine rings is 1. The molecule has 1 aromatic heterocycles. The van der Waals surface area contributed by atoms with Crippen LogP contribution in [0.2, 0.25) is 0 Å². The first-order valence-electron chi connectivity index (χ1n) is 4.70. The van der Waals surface area contributed by atoms with Crippen molar-refractivity contribution in [2.75, 3.05) is 12.0 Å². The fraction of sp³-hybridized carbons (Fsp3) is 0.455. The third-order valence-electron chi connectivity index (χ3n) is 1.98. The Bertz CT molecular complexity index is 295. The second-order valence-corrected chi connectivity index (χ2v) is 4.03. The summed E-state index contributed by atoms with van der Waals surface area (Å²) in [4.78, 5) is 15.5. The van der Waals surface area contributed by atoms with Crippen LogP contribution >= 0.6 is 11.8 Å². The molecule has 0 radical (unpaired) electrons. The molecule has 76 valence electrons. The Morgan fingerprint density at radius 1 is 1.50 bits per heavy atom. The minimum Gasteiger partial charge on any atom is -0.298 e. The van der Waals surface area contributed by atoms with Gasteiger partial charge in [-0.25, -0.2) is 0 Å². The molecule has 0 fully saturated rings. The first-order chi connectivity index (χ1) is 6.76. The molecule has 0 saturated heterocycles. The van der Waals surface area contributed by atoms with Crippen LogP contribution in [-0.2, 0) is 17.6 Å². The van der Waals surface area contributed by atoms with Crippen molar-refractivity contribution in [2.45, 2.75) is 19.8 Å². The number of carbonyl (C=O) groups is 1. The van der Waals surface area contributed by atoms with Crippen LogP contribution in [0.1, 0.15) is 18.2 Å². The highest BCUT2D eigenvalue weighted by Crippen LogP contribution is 2.03. The molecule has 3 heteroatoms. The molecule has 0 bridgehead atoms. The predicted octanol–water partition coefficient (Wildman–Crippen LogP) is 2.12. The van der Waals surface area contributed by atoms with Crippen molar-refractivity contribution in [2.24, 2.45) is 0 Å². The summed E-state index contributed by atoms with van der Waals surface area (Å²) < 4.78 is 0. The average molecular weight is 209 g/mol. The van der Waals surface area contributed by atoms with Gasteiger partial charge in [-0.3, -0.25) is 9.78 Å². The van der Waals surface area contributed by atoms with Gasteiger partial charge in [0.05, 0.1) is 5.75 Å². The minimum absolute atomic E-state index is 0.245. The summed E-state index contributed by atoms with van der Waals surface area (Å²) >= 11 is 1.56. The van der Waals surface area contributed by atoms with Gasteiger partial charge in [-0.15, -0.1) is 0 Å². The molecular formula is C11H15NOS. The predicted molar refractivity (Wildman–Crippen MR) is 60.7 cm³/mol. The first-order valence-corrected chi connectivity index (χ1v) is 6.10. The summed E-state index contributed by atoms with van der Waals surface area (Å²) in [5, 5.41) is 0. The molecule has 1 rings (SSSR count). The van der Waals surface area contributed by atoms with Crippen molar-refractivity contribution in [1.82, 2.24) is 4.98 Å². The van der Waals surface area contributed by atoms with Gasteiger partial charge in [0.25, 0.3) is 0 Å². The van der Waals surface area contributed by atoms with E-state index in [1.807, 2.05) is 24.6 Å². The Balaban J connectivity index is 2.55. The number of carbonyl (C=O) groups excluding carboxylic acids is 1. The lowest BCUT2D eigenvalue weighted by Gasteiger charge is -2.00. The van der Waals surface area contributed by atoms with Gasteiger partial charge in [0.15, 0.2) is 0 Å². The normalized spacial score (nSPS) is 10.1. The Morgan fingerprint density at radius 2 is 2.29 bits per heavy atom. The van der Waals surface area contributed by atoms with Gasteiger partial charge in [-0.05, 0) is 24.3 Å². The summed E-state index contributed by atoms with van der Waals surface area (Å²) in [7, 11) is 0. The molecule has 2 nitrogen and oxygen atoms in total. The first kappa shape index (κ1) is 11.2. The van der Waals surface area contributed by atoms with E-state index in [1.54, 1.807) is 11.8 Å². The van der Waals surface area contributed by atoms with Crippen molar-refractivity contribution in [1.29, 1.82) is 0 Å². The highest BCUT2D eigenvalue weighted by atomic mass is 32.2. The Hall–Kier alpha value is -0.830. The third kappa shape index (κ3) is 3.50. The number of Topliss-reactive ketones (excluding diaryl/α,β-unsaturated/α-hetero) is 1. The van der Waals surface area contributed by atoms with Gasteiger partial charge >= 0.3 is 0 Å². The molecule has 0 aromatic carbocycles. The molecule has 0 aliphatic rings. The topological polar surface area (TPSA) is 30.0 Å².